The Bertz CT molecular complexity index is 1810. The minimum atomic E-state index is -4.47. The molecule has 1 amide bonds. The van der Waals surface area contributed by atoms with E-state index in [1.807, 2.05) is 0 Å². The lowest BCUT2D eigenvalue weighted by Crippen LogP contribution is -2.21. The molecule has 0 spiro atoms. The van der Waals surface area contributed by atoms with E-state index in [1.165, 1.54) is 42.6 Å². The summed E-state index contributed by atoms with van der Waals surface area (Å²) in [5.74, 6) is -2.06. The van der Waals surface area contributed by atoms with Crippen LogP contribution in [0.1, 0.15) is 16.1 Å². The van der Waals surface area contributed by atoms with Gasteiger partial charge in [-0.2, -0.15) is 26.9 Å². The number of rotatable bonds is 7. The van der Waals surface area contributed by atoms with E-state index < -0.39 is 48.3 Å². The molecule has 14 nitrogen and oxygen atoms in total. The molecule has 38 heavy (non-hydrogen) atoms. The number of nitrogens with one attached hydrogen (secondary N) is 1. The molecule has 2 aromatic carbocycles. The number of aromatic carboxylic acids is 1. The largest absolute Gasteiger partial charge is 0.477 e. The van der Waals surface area contributed by atoms with Gasteiger partial charge in [0.25, 0.3) is 31.7 Å². The molecule has 1 aromatic heterocycles. The monoisotopic (exact) mass is 560 g/mol. The average Bonchev–Trinajstić information content (AvgIpc) is 3.38. The molecule has 0 radical (unpaired) electrons. The third kappa shape index (κ3) is 5.23. The number of hydrogen-bond donors (Lipinski definition) is 4. The number of allylic oxidation sites excluding steroid dienone is 2. The first-order valence-electron chi connectivity index (χ1n) is 10.3. The summed E-state index contributed by atoms with van der Waals surface area (Å²) >= 11 is 0. The van der Waals surface area contributed by atoms with Gasteiger partial charge in [-0.3, -0.25) is 23.8 Å². The van der Waals surface area contributed by atoms with E-state index in [-0.39, 0.29) is 27.4 Å². The second kappa shape index (κ2) is 9.67. The molecule has 1 aliphatic heterocycles. The minimum Gasteiger partial charge on any atom is -0.477 e. The van der Waals surface area contributed by atoms with E-state index >= 15 is 0 Å². The topological polar surface area (TPSA) is 216 Å². The van der Waals surface area contributed by atoms with E-state index in [4.69, 9.17) is 9.11 Å². The maximum atomic E-state index is 12.9. The highest BCUT2D eigenvalue weighted by Crippen LogP contribution is 2.23. The minimum absolute atomic E-state index is 0.0636. The Morgan fingerprint density at radius 2 is 1.39 bits per heavy atom. The second-order valence-electron chi connectivity index (χ2n) is 7.63. The van der Waals surface area contributed by atoms with Crippen LogP contribution in [0.2, 0.25) is 0 Å². The maximum Gasteiger partial charge on any atom is 0.354 e. The summed E-state index contributed by atoms with van der Waals surface area (Å²) in [5.41, 5.74) is -1.16. The lowest BCUT2D eigenvalue weighted by atomic mass is 10.2. The summed E-state index contributed by atoms with van der Waals surface area (Å²) in [5, 5.41) is 16.8. The van der Waals surface area contributed by atoms with Crippen LogP contribution in [-0.4, -0.2) is 58.9 Å². The first kappa shape index (κ1) is 26.4. The number of hydrogen-bond acceptors (Lipinski definition) is 8. The van der Waals surface area contributed by atoms with Gasteiger partial charge in [-0.15, -0.1) is 0 Å². The fraction of sp³-hybridized carbons (Fsp3) is 0. The summed E-state index contributed by atoms with van der Waals surface area (Å²) in [6.07, 6.45) is 4.89. The molecule has 0 bridgehead atoms. The van der Waals surface area contributed by atoms with Crippen molar-refractivity contribution in [2.75, 3.05) is 5.01 Å². The molecule has 0 fully saturated rings. The molecule has 4 N–H and O–H groups in total. The van der Waals surface area contributed by atoms with Crippen LogP contribution < -0.4 is 10.6 Å². The molecule has 0 saturated heterocycles. The number of anilines is 1. The Balaban J connectivity index is 1.59. The van der Waals surface area contributed by atoms with Gasteiger partial charge in [-0.25, -0.2) is 9.48 Å². The predicted octanol–water partition coefficient (Wildman–Crippen LogP) is 1.33. The Morgan fingerprint density at radius 1 is 0.868 bits per heavy atom. The van der Waals surface area contributed by atoms with Crippen molar-refractivity contribution in [2.24, 2.45) is 5.10 Å². The van der Waals surface area contributed by atoms with Crippen molar-refractivity contribution < 1.29 is 40.6 Å². The van der Waals surface area contributed by atoms with E-state index in [1.54, 1.807) is 0 Å². The summed E-state index contributed by atoms with van der Waals surface area (Å²) < 4.78 is 63.8. The molecule has 2 heterocycles. The second-order valence-corrected chi connectivity index (χ2v) is 10.5. The van der Waals surface area contributed by atoms with Crippen molar-refractivity contribution in [1.82, 2.24) is 9.78 Å². The van der Waals surface area contributed by atoms with Crippen LogP contribution in [0.15, 0.2) is 85.9 Å². The third-order valence-electron chi connectivity index (χ3n) is 5.20. The van der Waals surface area contributed by atoms with Crippen LogP contribution in [0, 0.1) is 0 Å². The van der Waals surface area contributed by atoms with Gasteiger partial charge in [0.2, 0.25) is 0 Å². The van der Waals surface area contributed by atoms with Crippen molar-refractivity contribution >= 4 is 50.1 Å². The molecule has 196 valence electrons. The van der Waals surface area contributed by atoms with Crippen molar-refractivity contribution in [3.05, 3.63) is 87.9 Å². The van der Waals surface area contributed by atoms with Gasteiger partial charge in [0.1, 0.15) is 0 Å². The van der Waals surface area contributed by atoms with Crippen LogP contribution in [0.5, 0.6) is 0 Å². The van der Waals surface area contributed by atoms with E-state index in [0.29, 0.717) is 0 Å². The summed E-state index contributed by atoms with van der Waals surface area (Å²) in [4.78, 5) is 36.4. The molecule has 0 aliphatic carbocycles. The van der Waals surface area contributed by atoms with Crippen LogP contribution in [0.4, 0.5) is 5.69 Å². The van der Waals surface area contributed by atoms with Crippen LogP contribution in [-0.2, 0) is 25.0 Å². The van der Waals surface area contributed by atoms with Gasteiger partial charge in [-0.1, -0.05) is 6.08 Å². The standard InChI is InChI=1S/C22H16N4O10S2/c27-20-13(12-23-25(20)14-4-8-16(9-5-14)37(31,32)33)2-1-3-18-19(22(29)30)24-26(21(18)28)15-6-10-17(11-7-15)38(34,35)36/h1-12,24H,(H,29,30)(H,31,32,33)(H,34,35,36)/b3-1+,13-2-. The highest BCUT2D eigenvalue weighted by molar-refractivity contribution is 7.86. The normalized spacial score (nSPS) is 15.2. The number of aromatic nitrogens is 2. The summed E-state index contributed by atoms with van der Waals surface area (Å²) in [6, 6.07) is 9.16. The lowest BCUT2D eigenvalue weighted by Gasteiger charge is -2.11. The highest BCUT2D eigenvalue weighted by Gasteiger charge is 2.24. The highest BCUT2D eigenvalue weighted by atomic mass is 32.2. The van der Waals surface area contributed by atoms with Gasteiger partial charge in [0, 0.05) is 0 Å². The number of hydrazone groups is 1. The molecule has 0 unspecified atom stereocenters. The van der Waals surface area contributed by atoms with E-state index in [9.17, 15) is 36.3 Å². The molecule has 0 saturated carbocycles. The molecular formula is C22H16N4O10S2. The Labute approximate surface area is 213 Å². The third-order valence-corrected chi connectivity index (χ3v) is 6.94. The van der Waals surface area contributed by atoms with Crippen LogP contribution in [0.25, 0.3) is 11.8 Å². The number of amides is 1. The fourth-order valence-electron chi connectivity index (χ4n) is 3.37. The Kier molecular flexibility index (Phi) is 6.73. The van der Waals surface area contributed by atoms with Gasteiger partial charge >= 0.3 is 5.97 Å². The van der Waals surface area contributed by atoms with Gasteiger partial charge < -0.3 is 5.11 Å². The average molecular weight is 561 g/mol. The number of carboxylic acids is 1. The number of carbonyl (C=O) groups excluding carboxylic acids is 1. The van der Waals surface area contributed by atoms with E-state index in [0.717, 1.165) is 40.0 Å². The number of benzene rings is 2. The van der Waals surface area contributed by atoms with Crippen molar-refractivity contribution in [3.63, 3.8) is 0 Å². The zero-order valence-corrected chi connectivity index (χ0v) is 20.4. The Morgan fingerprint density at radius 3 is 1.89 bits per heavy atom. The first-order valence-corrected chi connectivity index (χ1v) is 13.2. The number of carbonyl (C=O) groups is 2. The van der Waals surface area contributed by atoms with Crippen molar-refractivity contribution in [2.45, 2.75) is 9.79 Å². The lowest BCUT2D eigenvalue weighted by molar-refractivity contribution is -0.114. The van der Waals surface area contributed by atoms with E-state index in [2.05, 4.69) is 10.2 Å². The zero-order chi connectivity index (χ0) is 27.8. The molecule has 16 heteroatoms. The van der Waals surface area contributed by atoms with Crippen LogP contribution in [0.3, 0.4) is 0 Å². The molecule has 0 atom stereocenters. The summed E-state index contributed by atoms with van der Waals surface area (Å²) in [6.45, 7) is 0. The number of carboxylic acid groups (broad SMARTS) is 1. The molecule has 4 rings (SSSR count). The Hall–Kier alpha value is -4.64. The van der Waals surface area contributed by atoms with Gasteiger partial charge in [0.05, 0.1) is 38.5 Å². The van der Waals surface area contributed by atoms with Crippen molar-refractivity contribution in [1.29, 1.82) is 0 Å². The quantitative estimate of drug-likeness (QED) is 0.240. The fourth-order valence-corrected chi connectivity index (χ4v) is 4.33. The van der Waals surface area contributed by atoms with Gasteiger partial charge in [-0.05, 0) is 60.7 Å². The SMILES string of the molecule is O=C(O)c1[nH]n(-c2ccc(S(=O)(=O)O)cc2)c(=O)c1/C=C/C=C1/C=NN(c2ccc(S(=O)(=O)O)cc2)C1=O. The molecular weight excluding hydrogens is 544 g/mol. The number of aromatic amines is 1. The van der Waals surface area contributed by atoms with Crippen molar-refractivity contribution in [3.8, 4) is 5.69 Å². The number of nitrogens with zero attached hydrogens (tertiary/aromatic N) is 3. The predicted molar refractivity (Wildman–Crippen MR) is 133 cm³/mol. The smallest absolute Gasteiger partial charge is 0.354 e. The molecule has 1 aliphatic rings. The zero-order valence-electron chi connectivity index (χ0n) is 18.8. The molecule has 3 aromatic rings. The first-order chi connectivity index (χ1) is 17.8. The number of H-pyrrole nitrogens is 1. The van der Waals surface area contributed by atoms with Crippen LogP contribution >= 0.6 is 0 Å². The summed E-state index contributed by atoms with van der Waals surface area (Å²) in [7, 11) is -8.88. The maximum absolute atomic E-state index is 12.9. The van der Waals surface area contributed by atoms with Gasteiger partial charge in [0.15, 0.2) is 5.69 Å².